The van der Waals surface area contributed by atoms with Gasteiger partial charge in [0.15, 0.2) is 11.4 Å². The van der Waals surface area contributed by atoms with E-state index in [1.165, 1.54) is 25.3 Å². The van der Waals surface area contributed by atoms with Crippen molar-refractivity contribution in [3.63, 3.8) is 0 Å². The minimum Gasteiger partial charge on any atom is -0.490 e. The van der Waals surface area contributed by atoms with E-state index >= 15 is 0 Å². The third-order valence-corrected chi connectivity index (χ3v) is 2.60. The second-order valence-corrected chi connectivity index (χ2v) is 4.17. The summed E-state index contributed by atoms with van der Waals surface area (Å²) in [5, 5.41) is 11.5. The van der Waals surface area contributed by atoms with Crippen LogP contribution in [-0.2, 0) is 19.0 Å². The number of benzene rings is 1. The Morgan fingerprint density at radius 1 is 1.50 bits per heavy atom. The van der Waals surface area contributed by atoms with Crippen LogP contribution in [0.15, 0.2) is 18.2 Å². The molecule has 0 aromatic heterocycles. The lowest BCUT2D eigenvalue weighted by atomic mass is 10.2. The van der Waals surface area contributed by atoms with Gasteiger partial charge in [-0.1, -0.05) is 11.7 Å². The Bertz CT molecular complexity index is 587. The van der Waals surface area contributed by atoms with Crippen molar-refractivity contribution in [3.05, 3.63) is 28.3 Å². The lowest BCUT2D eigenvalue weighted by Crippen LogP contribution is -2.29. The maximum absolute atomic E-state index is 10.9. The molecule has 1 heterocycles. The first-order chi connectivity index (χ1) is 8.44. The van der Waals surface area contributed by atoms with E-state index in [0.29, 0.717) is 5.17 Å². The van der Waals surface area contributed by atoms with Gasteiger partial charge in [0.25, 0.3) is 0 Å². The SMILES string of the molecule is COc1cccc(N2NOS(=O)(=O)O2)c1[N+](=O)[O-]. The number of nitro benzene ring substituents is 1. The lowest BCUT2D eigenvalue weighted by Gasteiger charge is -2.12. The van der Waals surface area contributed by atoms with E-state index in [2.05, 4.69) is 8.57 Å². The van der Waals surface area contributed by atoms with Crippen molar-refractivity contribution in [2.75, 3.05) is 12.3 Å². The summed E-state index contributed by atoms with van der Waals surface area (Å²) in [4.78, 5) is 10.2. The second kappa shape index (κ2) is 4.38. The zero-order chi connectivity index (χ0) is 13.3. The molecule has 1 aliphatic heterocycles. The highest BCUT2D eigenvalue weighted by molar-refractivity contribution is 7.82. The standard InChI is InChI=1S/C7H7N3O7S/c1-15-6-4-2-3-5(7(6)10(11)12)9-8-16-18(13,14)17-9/h2-4,8H,1H3. The molecule has 2 rings (SSSR count). The van der Waals surface area contributed by atoms with E-state index in [0.717, 1.165) is 0 Å². The van der Waals surface area contributed by atoms with Crippen LogP contribution in [0.25, 0.3) is 0 Å². The number of hydrogen-bond acceptors (Lipinski definition) is 9. The molecule has 1 N–H and O–H groups in total. The van der Waals surface area contributed by atoms with Crippen LogP contribution < -0.4 is 15.5 Å². The smallest absolute Gasteiger partial charge is 0.440 e. The van der Waals surface area contributed by atoms with Crippen molar-refractivity contribution in [1.82, 2.24) is 5.59 Å². The molecule has 0 unspecified atom stereocenters. The predicted octanol–water partition coefficient (Wildman–Crippen LogP) is 0.0360. The van der Waals surface area contributed by atoms with Crippen LogP contribution in [0.3, 0.4) is 0 Å². The third-order valence-electron chi connectivity index (χ3n) is 1.99. The van der Waals surface area contributed by atoms with Crippen LogP contribution in [0.4, 0.5) is 11.4 Å². The van der Waals surface area contributed by atoms with Gasteiger partial charge in [0.1, 0.15) is 0 Å². The Morgan fingerprint density at radius 3 is 2.72 bits per heavy atom. The fraction of sp³-hybridized carbons (Fsp3) is 0.143. The summed E-state index contributed by atoms with van der Waals surface area (Å²) in [5.74, 6) is -0.0489. The zero-order valence-corrected chi connectivity index (χ0v) is 9.71. The summed E-state index contributed by atoms with van der Waals surface area (Å²) in [6.07, 6.45) is 0. The summed E-state index contributed by atoms with van der Waals surface area (Å²) in [6, 6.07) is 4.04. The Labute approximate surface area is 101 Å². The molecule has 10 nitrogen and oxygen atoms in total. The van der Waals surface area contributed by atoms with Crippen LogP contribution in [0.5, 0.6) is 5.75 Å². The molecule has 0 radical (unpaired) electrons. The fourth-order valence-corrected chi connectivity index (χ4v) is 1.80. The minimum absolute atomic E-state index is 0.0489. The molecule has 0 atom stereocenters. The maximum atomic E-state index is 10.9. The molecular weight excluding hydrogens is 270 g/mol. The lowest BCUT2D eigenvalue weighted by molar-refractivity contribution is -0.385. The first-order valence-corrected chi connectivity index (χ1v) is 5.78. The molecule has 11 heteroatoms. The van der Waals surface area contributed by atoms with Crippen molar-refractivity contribution < 1.29 is 26.6 Å². The number of hydrazine groups is 1. The number of rotatable bonds is 3. The number of nitro groups is 1. The molecule has 1 aromatic rings. The molecule has 1 aromatic carbocycles. The van der Waals surface area contributed by atoms with Crippen LogP contribution in [0.1, 0.15) is 0 Å². The highest BCUT2D eigenvalue weighted by Gasteiger charge is 2.35. The average Bonchev–Trinajstić information content (AvgIpc) is 2.68. The Morgan fingerprint density at radius 2 is 2.22 bits per heavy atom. The van der Waals surface area contributed by atoms with Gasteiger partial charge in [-0.3, -0.25) is 10.1 Å². The van der Waals surface area contributed by atoms with Gasteiger partial charge in [-0.15, -0.1) is 13.7 Å². The summed E-state index contributed by atoms with van der Waals surface area (Å²) < 4.78 is 35.0. The first kappa shape index (κ1) is 12.5. The van der Waals surface area contributed by atoms with E-state index in [4.69, 9.17) is 4.74 Å². The van der Waals surface area contributed by atoms with E-state index in [1.54, 1.807) is 0 Å². The van der Waals surface area contributed by atoms with Crippen molar-refractivity contribution in [2.45, 2.75) is 0 Å². The maximum Gasteiger partial charge on any atom is 0.440 e. The largest absolute Gasteiger partial charge is 0.490 e. The topological polar surface area (TPSA) is 120 Å². The van der Waals surface area contributed by atoms with Crippen LogP contribution in [0, 0.1) is 10.1 Å². The summed E-state index contributed by atoms with van der Waals surface area (Å²) in [7, 11) is -3.01. The normalized spacial score (nSPS) is 17.7. The number of nitrogens with zero attached hydrogens (tertiary/aromatic N) is 2. The van der Waals surface area contributed by atoms with Crippen molar-refractivity contribution in [3.8, 4) is 5.75 Å². The Hall–Kier alpha value is -1.95. The molecule has 0 saturated carbocycles. The van der Waals surface area contributed by atoms with E-state index < -0.39 is 21.0 Å². The van der Waals surface area contributed by atoms with Gasteiger partial charge in [0.05, 0.1) is 12.0 Å². The zero-order valence-electron chi connectivity index (χ0n) is 8.89. The van der Waals surface area contributed by atoms with Gasteiger partial charge in [0, 0.05) is 0 Å². The fourth-order valence-electron chi connectivity index (χ4n) is 1.31. The van der Waals surface area contributed by atoms with Gasteiger partial charge in [-0.25, -0.2) is 0 Å². The molecule has 1 aliphatic rings. The number of hydrogen-bond donors (Lipinski definition) is 1. The first-order valence-electron chi connectivity index (χ1n) is 4.45. The Kier molecular flexibility index (Phi) is 3.04. The summed E-state index contributed by atoms with van der Waals surface area (Å²) in [5.41, 5.74) is 1.23. The second-order valence-electron chi connectivity index (χ2n) is 3.04. The molecule has 18 heavy (non-hydrogen) atoms. The van der Waals surface area contributed by atoms with Gasteiger partial charge in [-0.05, 0) is 12.1 Å². The van der Waals surface area contributed by atoms with E-state index in [-0.39, 0.29) is 11.4 Å². The average molecular weight is 277 g/mol. The molecular formula is C7H7N3O7S. The third kappa shape index (κ3) is 2.19. The number of nitrogens with one attached hydrogen (secondary N) is 1. The van der Waals surface area contributed by atoms with E-state index in [1.807, 2.05) is 5.59 Å². The van der Waals surface area contributed by atoms with Crippen LogP contribution in [0.2, 0.25) is 0 Å². The predicted molar refractivity (Wildman–Crippen MR) is 56.4 cm³/mol. The molecule has 0 aliphatic carbocycles. The minimum atomic E-state index is -4.25. The van der Waals surface area contributed by atoms with Gasteiger partial charge < -0.3 is 4.74 Å². The highest BCUT2D eigenvalue weighted by Crippen LogP contribution is 2.37. The summed E-state index contributed by atoms with van der Waals surface area (Å²) in [6.45, 7) is 0. The number of methoxy groups -OCH3 is 1. The van der Waals surface area contributed by atoms with Crippen molar-refractivity contribution in [2.24, 2.45) is 0 Å². The number of anilines is 1. The molecule has 1 fully saturated rings. The van der Waals surface area contributed by atoms with Crippen molar-refractivity contribution >= 4 is 21.8 Å². The van der Waals surface area contributed by atoms with Gasteiger partial charge >= 0.3 is 16.1 Å². The molecule has 0 amide bonds. The monoisotopic (exact) mass is 277 g/mol. The number of para-hydroxylation sites is 1. The van der Waals surface area contributed by atoms with Crippen LogP contribution in [-0.4, -0.2) is 20.5 Å². The summed E-state index contributed by atoms with van der Waals surface area (Å²) >= 11 is 0. The van der Waals surface area contributed by atoms with Gasteiger partial charge in [-0.2, -0.15) is 8.42 Å². The molecule has 98 valence electrons. The van der Waals surface area contributed by atoms with Crippen LogP contribution >= 0.6 is 0 Å². The van der Waals surface area contributed by atoms with E-state index in [9.17, 15) is 18.5 Å². The molecule has 1 saturated heterocycles. The van der Waals surface area contributed by atoms with Gasteiger partial charge in [0.2, 0.25) is 0 Å². The molecule has 0 spiro atoms. The van der Waals surface area contributed by atoms with Crippen molar-refractivity contribution in [1.29, 1.82) is 0 Å². The quantitative estimate of drug-likeness (QED) is 0.602. The number of ether oxygens (including phenoxy) is 1. The molecule has 0 bridgehead atoms. The Balaban J connectivity index is 2.48. The highest BCUT2D eigenvalue weighted by atomic mass is 32.3.